The van der Waals surface area contributed by atoms with Crippen molar-refractivity contribution in [1.29, 1.82) is 0 Å². The number of benzene rings is 3. The SMILES string of the molecule is COc1ccccc1C1=C(Nc2ccc(C)cc2C)C(=O)N(c2ccc(F)c(Cl)c2)C1=O. The number of rotatable bonds is 5. The lowest BCUT2D eigenvalue weighted by molar-refractivity contribution is -0.120. The zero-order valence-corrected chi connectivity index (χ0v) is 18.5. The van der Waals surface area contributed by atoms with Crippen LogP contribution in [-0.4, -0.2) is 18.9 Å². The van der Waals surface area contributed by atoms with E-state index in [0.29, 0.717) is 17.0 Å². The number of nitrogens with zero attached hydrogens (tertiary/aromatic N) is 1. The maximum absolute atomic E-state index is 13.7. The van der Waals surface area contributed by atoms with Crippen molar-refractivity contribution in [2.24, 2.45) is 0 Å². The Morgan fingerprint density at radius 3 is 2.41 bits per heavy atom. The summed E-state index contributed by atoms with van der Waals surface area (Å²) in [7, 11) is 1.50. The first-order valence-corrected chi connectivity index (χ1v) is 10.3. The van der Waals surface area contributed by atoms with Crippen LogP contribution in [0.1, 0.15) is 16.7 Å². The average molecular weight is 451 g/mol. The Morgan fingerprint density at radius 1 is 0.969 bits per heavy atom. The van der Waals surface area contributed by atoms with E-state index in [1.54, 1.807) is 24.3 Å². The minimum atomic E-state index is -0.638. The Balaban J connectivity index is 1.88. The lowest BCUT2D eigenvalue weighted by atomic mass is 10.0. The average Bonchev–Trinajstić information content (AvgIpc) is 3.01. The van der Waals surface area contributed by atoms with Gasteiger partial charge in [0.15, 0.2) is 0 Å². The van der Waals surface area contributed by atoms with Gasteiger partial charge in [0.25, 0.3) is 11.8 Å². The highest BCUT2D eigenvalue weighted by atomic mass is 35.5. The van der Waals surface area contributed by atoms with Crippen LogP contribution in [0.4, 0.5) is 15.8 Å². The number of hydrogen-bond donors (Lipinski definition) is 1. The molecular weight excluding hydrogens is 431 g/mol. The molecule has 3 aromatic carbocycles. The number of para-hydroxylation sites is 1. The molecule has 0 aromatic heterocycles. The van der Waals surface area contributed by atoms with Crippen molar-refractivity contribution in [3.8, 4) is 5.75 Å². The Kier molecular flexibility index (Phi) is 5.72. The molecule has 1 heterocycles. The van der Waals surface area contributed by atoms with E-state index in [2.05, 4.69) is 5.32 Å². The summed E-state index contributed by atoms with van der Waals surface area (Å²) in [5, 5.41) is 2.96. The highest BCUT2D eigenvalue weighted by molar-refractivity contribution is 6.46. The van der Waals surface area contributed by atoms with Crippen LogP contribution in [0.2, 0.25) is 5.02 Å². The topological polar surface area (TPSA) is 58.6 Å². The molecule has 0 radical (unpaired) electrons. The monoisotopic (exact) mass is 450 g/mol. The van der Waals surface area contributed by atoms with Crippen molar-refractivity contribution in [3.05, 3.63) is 93.9 Å². The fourth-order valence-electron chi connectivity index (χ4n) is 3.69. The summed E-state index contributed by atoms with van der Waals surface area (Å²) >= 11 is 5.92. The highest BCUT2D eigenvalue weighted by Crippen LogP contribution is 2.38. The Labute approximate surface area is 190 Å². The standard InChI is InChI=1S/C25H20ClFN2O3/c1-14-8-11-20(15(2)12-14)28-23-22(17-6-4-5-7-21(17)32-3)24(30)29(25(23)31)16-9-10-19(27)18(26)13-16/h4-13,28H,1-3H3. The normalized spacial score (nSPS) is 13.7. The highest BCUT2D eigenvalue weighted by Gasteiger charge is 2.41. The molecule has 0 saturated carbocycles. The fraction of sp³-hybridized carbons (Fsp3) is 0.120. The predicted molar refractivity (Wildman–Crippen MR) is 123 cm³/mol. The van der Waals surface area contributed by atoms with Crippen LogP contribution >= 0.6 is 11.6 Å². The summed E-state index contributed by atoms with van der Waals surface area (Å²) < 4.78 is 19.1. The lowest BCUT2D eigenvalue weighted by Crippen LogP contribution is -2.32. The summed E-state index contributed by atoms with van der Waals surface area (Å²) in [6, 6.07) is 16.4. The largest absolute Gasteiger partial charge is 0.496 e. The Hall–Kier alpha value is -3.64. The molecule has 2 amide bonds. The zero-order valence-electron chi connectivity index (χ0n) is 17.7. The van der Waals surface area contributed by atoms with Crippen LogP contribution in [-0.2, 0) is 9.59 Å². The van der Waals surface area contributed by atoms with Crippen LogP contribution in [0.25, 0.3) is 5.57 Å². The first-order valence-electron chi connectivity index (χ1n) is 9.87. The number of methoxy groups -OCH3 is 1. The van der Waals surface area contributed by atoms with E-state index in [1.165, 1.54) is 19.2 Å². The van der Waals surface area contributed by atoms with Crippen LogP contribution in [0, 0.1) is 19.7 Å². The van der Waals surface area contributed by atoms with Gasteiger partial charge in [-0.3, -0.25) is 9.59 Å². The lowest BCUT2D eigenvalue weighted by Gasteiger charge is -2.16. The number of ether oxygens (including phenoxy) is 1. The number of hydrogen-bond acceptors (Lipinski definition) is 4. The molecule has 5 nitrogen and oxygen atoms in total. The van der Waals surface area contributed by atoms with Crippen LogP contribution < -0.4 is 15.0 Å². The second-order valence-electron chi connectivity index (χ2n) is 7.44. The molecule has 0 unspecified atom stereocenters. The maximum atomic E-state index is 13.7. The van der Waals surface area contributed by atoms with Crippen molar-refractivity contribution >= 4 is 40.4 Å². The molecule has 162 valence electrons. The number of imide groups is 1. The molecule has 1 aliphatic rings. The van der Waals surface area contributed by atoms with Crippen molar-refractivity contribution in [2.75, 3.05) is 17.3 Å². The van der Waals surface area contributed by atoms with Gasteiger partial charge >= 0.3 is 0 Å². The molecule has 0 aliphatic carbocycles. The fourth-order valence-corrected chi connectivity index (χ4v) is 3.87. The first-order chi connectivity index (χ1) is 15.3. The summed E-state index contributed by atoms with van der Waals surface area (Å²) in [4.78, 5) is 28.0. The van der Waals surface area contributed by atoms with Gasteiger partial charge in [0.05, 0.1) is 23.4 Å². The predicted octanol–water partition coefficient (Wildman–Crippen LogP) is 5.50. The van der Waals surface area contributed by atoms with Gasteiger partial charge in [0.2, 0.25) is 0 Å². The molecule has 0 spiro atoms. The van der Waals surface area contributed by atoms with Crippen molar-refractivity contribution in [1.82, 2.24) is 0 Å². The van der Waals surface area contributed by atoms with Crippen LogP contribution in [0.15, 0.2) is 66.4 Å². The van der Waals surface area contributed by atoms with Crippen molar-refractivity contribution in [2.45, 2.75) is 13.8 Å². The molecule has 0 fully saturated rings. The van der Waals surface area contributed by atoms with Gasteiger partial charge in [0, 0.05) is 11.3 Å². The molecule has 0 saturated heterocycles. The number of amides is 2. The number of halogens is 2. The van der Waals surface area contributed by atoms with E-state index in [9.17, 15) is 14.0 Å². The summed E-state index contributed by atoms with van der Waals surface area (Å²) in [5.74, 6) is -1.32. The molecule has 3 aromatic rings. The van der Waals surface area contributed by atoms with Gasteiger partial charge in [-0.25, -0.2) is 9.29 Å². The number of aryl methyl sites for hydroxylation is 2. The molecule has 1 aliphatic heterocycles. The number of carbonyl (C=O) groups is 2. The molecule has 0 bridgehead atoms. The number of nitrogens with one attached hydrogen (secondary N) is 1. The molecule has 1 N–H and O–H groups in total. The van der Waals surface area contributed by atoms with Crippen molar-refractivity contribution < 1.29 is 18.7 Å². The summed E-state index contributed by atoms with van der Waals surface area (Å²) in [5.41, 5.74) is 3.59. The van der Waals surface area contributed by atoms with E-state index >= 15 is 0 Å². The minimum absolute atomic E-state index is 0.104. The Bertz CT molecular complexity index is 1290. The summed E-state index contributed by atoms with van der Waals surface area (Å²) in [6.07, 6.45) is 0. The third-order valence-corrected chi connectivity index (χ3v) is 5.55. The van der Waals surface area contributed by atoms with E-state index < -0.39 is 17.6 Å². The van der Waals surface area contributed by atoms with Gasteiger partial charge in [0.1, 0.15) is 17.3 Å². The quantitative estimate of drug-likeness (QED) is 0.521. The van der Waals surface area contributed by atoms with Crippen molar-refractivity contribution in [3.63, 3.8) is 0 Å². The molecule has 7 heteroatoms. The smallest absolute Gasteiger partial charge is 0.282 e. The minimum Gasteiger partial charge on any atom is -0.496 e. The maximum Gasteiger partial charge on any atom is 0.282 e. The van der Waals surface area contributed by atoms with E-state index in [-0.39, 0.29) is 22.0 Å². The molecule has 32 heavy (non-hydrogen) atoms. The first kappa shape index (κ1) is 21.6. The summed E-state index contributed by atoms with van der Waals surface area (Å²) in [6.45, 7) is 3.89. The van der Waals surface area contributed by atoms with Gasteiger partial charge in [-0.1, -0.05) is 47.5 Å². The second kappa shape index (κ2) is 8.48. The van der Waals surface area contributed by atoms with E-state index in [1.807, 2.05) is 32.0 Å². The third-order valence-electron chi connectivity index (χ3n) is 5.26. The van der Waals surface area contributed by atoms with Gasteiger partial charge < -0.3 is 10.1 Å². The van der Waals surface area contributed by atoms with Gasteiger partial charge in [-0.2, -0.15) is 0 Å². The number of carbonyl (C=O) groups excluding carboxylic acids is 2. The Morgan fingerprint density at radius 2 is 1.72 bits per heavy atom. The van der Waals surface area contributed by atoms with E-state index in [0.717, 1.165) is 22.1 Å². The zero-order chi connectivity index (χ0) is 23.0. The van der Waals surface area contributed by atoms with Gasteiger partial charge in [-0.15, -0.1) is 0 Å². The number of anilines is 2. The van der Waals surface area contributed by atoms with E-state index in [4.69, 9.17) is 16.3 Å². The molecular formula is C25H20ClFN2O3. The van der Waals surface area contributed by atoms with Crippen LogP contribution in [0.3, 0.4) is 0 Å². The van der Waals surface area contributed by atoms with Gasteiger partial charge in [-0.05, 0) is 49.7 Å². The van der Waals surface area contributed by atoms with Crippen LogP contribution in [0.5, 0.6) is 5.75 Å². The molecule has 4 rings (SSSR count). The second-order valence-corrected chi connectivity index (χ2v) is 7.84. The third kappa shape index (κ3) is 3.74. The molecule has 0 atom stereocenters.